The van der Waals surface area contributed by atoms with Crippen LogP contribution in [0.5, 0.6) is 17.2 Å². The third kappa shape index (κ3) is 5.98. The molecule has 1 amide bonds. The Morgan fingerprint density at radius 1 is 0.971 bits per heavy atom. The average Bonchev–Trinajstić information content (AvgIpc) is 2.84. The van der Waals surface area contributed by atoms with Crippen LogP contribution in [0.15, 0.2) is 54.9 Å². The number of halogens is 2. The molecule has 0 fully saturated rings. The summed E-state index contributed by atoms with van der Waals surface area (Å²) in [5.74, 6) is -0.0456. The Hall–Kier alpha value is -3.29. The molecule has 178 valence electrons. The van der Waals surface area contributed by atoms with Gasteiger partial charge in [0.15, 0.2) is 23.9 Å². The lowest BCUT2D eigenvalue weighted by Crippen LogP contribution is -2.31. The molecule has 2 aromatic carbocycles. The largest absolute Gasteiger partial charge is 0.493 e. The number of ether oxygens (including phenoxy) is 3. The number of nitrogens with one attached hydrogen (secondary N) is 1. The van der Waals surface area contributed by atoms with Crippen molar-refractivity contribution in [3.63, 3.8) is 0 Å². The van der Waals surface area contributed by atoms with Gasteiger partial charge in [0, 0.05) is 24.4 Å². The SMILES string of the molecule is COc1ccc(C(=O)Cc2c(Cl)cncc2Cl)c(OCC(=O)N[C@H](C)c2ccccc2)c1OC. The molecule has 0 aliphatic carbocycles. The molecule has 1 atom stereocenters. The number of hydrogen-bond acceptors (Lipinski definition) is 6. The molecule has 1 heterocycles. The van der Waals surface area contributed by atoms with Gasteiger partial charge in [-0.25, -0.2) is 0 Å². The van der Waals surface area contributed by atoms with Gasteiger partial charge in [0.25, 0.3) is 5.91 Å². The number of ketones is 1. The summed E-state index contributed by atoms with van der Waals surface area (Å²) in [7, 11) is 2.89. The minimum Gasteiger partial charge on any atom is -0.493 e. The summed E-state index contributed by atoms with van der Waals surface area (Å²) >= 11 is 12.4. The van der Waals surface area contributed by atoms with Gasteiger partial charge in [-0.15, -0.1) is 0 Å². The number of carbonyl (C=O) groups excluding carboxylic acids is 2. The molecule has 0 radical (unpaired) electrons. The third-order valence-electron chi connectivity index (χ3n) is 5.11. The molecule has 0 bridgehead atoms. The van der Waals surface area contributed by atoms with Crippen LogP contribution < -0.4 is 19.5 Å². The third-order valence-corrected chi connectivity index (χ3v) is 5.77. The predicted octanol–water partition coefficient (Wildman–Crippen LogP) is 5.09. The number of aromatic nitrogens is 1. The summed E-state index contributed by atoms with van der Waals surface area (Å²) in [6.45, 7) is 1.54. The van der Waals surface area contributed by atoms with Crippen molar-refractivity contribution in [2.45, 2.75) is 19.4 Å². The van der Waals surface area contributed by atoms with E-state index < -0.39 is 0 Å². The van der Waals surface area contributed by atoms with Crippen LogP contribution in [-0.2, 0) is 11.2 Å². The summed E-state index contributed by atoms with van der Waals surface area (Å²) in [4.78, 5) is 29.7. The number of pyridine rings is 1. The van der Waals surface area contributed by atoms with Gasteiger partial charge in [0.05, 0.1) is 35.9 Å². The summed E-state index contributed by atoms with van der Waals surface area (Å²) in [5, 5.41) is 3.43. The lowest BCUT2D eigenvalue weighted by molar-refractivity contribution is -0.123. The number of Topliss-reactive ketones (excluding diaryl/α,β-unsaturated/α-hetero) is 1. The lowest BCUT2D eigenvalue weighted by atomic mass is 10.0. The van der Waals surface area contributed by atoms with Crippen molar-refractivity contribution in [1.29, 1.82) is 0 Å². The van der Waals surface area contributed by atoms with E-state index in [1.807, 2.05) is 37.3 Å². The molecular weight excluding hydrogens is 479 g/mol. The molecule has 1 aromatic heterocycles. The number of methoxy groups -OCH3 is 2. The fourth-order valence-corrected chi connectivity index (χ4v) is 3.87. The highest BCUT2D eigenvalue weighted by atomic mass is 35.5. The highest BCUT2D eigenvalue weighted by molar-refractivity contribution is 6.36. The van der Waals surface area contributed by atoms with Gasteiger partial charge in [-0.1, -0.05) is 53.5 Å². The molecular formula is C25H24Cl2N2O5. The van der Waals surface area contributed by atoms with Crippen LogP contribution in [0, 0.1) is 0 Å². The summed E-state index contributed by atoms with van der Waals surface area (Å²) in [5.41, 5.74) is 1.60. The van der Waals surface area contributed by atoms with Crippen molar-refractivity contribution in [1.82, 2.24) is 10.3 Å². The average molecular weight is 503 g/mol. The molecule has 3 rings (SSSR count). The van der Waals surface area contributed by atoms with Crippen molar-refractivity contribution in [3.8, 4) is 17.2 Å². The Morgan fingerprint density at radius 2 is 1.65 bits per heavy atom. The second-order valence-corrected chi connectivity index (χ2v) is 8.16. The topological polar surface area (TPSA) is 86.8 Å². The van der Waals surface area contributed by atoms with Crippen LogP contribution in [0.4, 0.5) is 0 Å². The monoisotopic (exact) mass is 502 g/mol. The van der Waals surface area contributed by atoms with Crippen LogP contribution in [0.25, 0.3) is 0 Å². The van der Waals surface area contributed by atoms with Crippen molar-refractivity contribution in [2.75, 3.05) is 20.8 Å². The van der Waals surface area contributed by atoms with Crippen molar-refractivity contribution in [3.05, 3.63) is 81.6 Å². The lowest BCUT2D eigenvalue weighted by Gasteiger charge is -2.18. The van der Waals surface area contributed by atoms with E-state index in [0.29, 0.717) is 11.3 Å². The van der Waals surface area contributed by atoms with Gasteiger partial charge >= 0.3 is 0 Å². The Kier molecular flexibility index (Phi) is 8.73. The van der Waals surface area contributed by atoms with E-state index in [-0.39, 0.29) is 57.9 Å². The van der Waals surface area contributed by atoms with E-state index in [0.717, 1.165) is 5.56 Å². The maximum absolute atomic E-state index is 13.2. The Bertz CT molecular complexity index is 1150. The summed E-state index contributed by atoms with van der Waals surface area (Å²) in [6.07, 6.45) is 2.74. The minimum atomic E-state index is -0.361. The zero-order chi connectivity index (χ0) is 24.7. The Balaban J connectivity index is 1.83. The zero-order valence-electron chi connectivity index (χ0n) is 18.9. The highest BCUT2D eigenvalue weighted by Crippen LogP contribution is 2.41. The standard InChI is InChI=1S/C25H24Cl2N2O5/c1-15(16-7-5-4-6-8-16)29-23(31)14-34-24-17(9-10-22(32-2)25(24)33-3)21(30)11-18-19(26)12-28-13-20(18)27/h4-10,12-13,15H,11,14H2,1-3H3,(H,29,31)/t15-/m1/s1. The van der Waals surface area contributed by atoms with Crippen LogP contribution in [0.3, 0.4) is 0 Å². The van der Waals surface area contributed by atoms with Crippen LogP contribution >= 0.6 is 23.2 Å². The molecule has 0 aliphatic heterocycles. The van der Waals surface area contributed by atoms with E-state index in [4.69, 9.17) is 37.4 Å². The number of benzene rings is 2. The molecule has 9 heteroatoms. The van der Waals surface area contributed by atoms with Gasteiger partial charge < -0.3 is 19.5 Å². The second kappa shape index (κ2) is 11.7. The maximum Gasteiger partial charge on any atom is 0.258 e. The molecule has 0 unspecified atom stereocenters. The Labute approximate surface area is 208 Å². The molecule has 1 N–H and O–H groups in total. The van der Waals surface area contributed by atoms with E-state index >= 15 is 0 Å². The van der Waals surface area contributed by atoms with Gasteiger partial charge in [-0.3, -0.25) is 14.6 Å². The number of rotatable bonds is 10. The minimum absolute atomic E-state index is 0.0932. The van der Waals surface area contributed by atoms with E-state index in [2.05, 4.69) is 10.3 Å². The van der Waals surface area contributed by atoms with Gasteiger partial charge in [0.1, 0.15) is 0 Å². The van der Waals surface area contributed by atoms with Crippen LogP contribution in [0.1, 0.15) is 34.5 Å². The van der Waals surface area contributed by atoms with Crippen LogP contribution in [-0.4, -0.2) is 37.5 Å². The number of hydrogen-bond donors (Lipinski definition) is 1. The molecule has 0 aliphatic rings. The van der Waals surface area contributed by atoms with E-state index in [9.17, 15) is 9.59 Å². The molecule has 7 nitrogen and oxygen atoms in total. The molecule has 0 saturated heterocycles. The molecule has 3 aromatic rings. The number of amides is 1. The maximum atomic E-state index is 13.2. The van der Waals surface area contributed by atoms with Gasteiger partial charge in [-0.2, -0.15) is 0 Å². The fourth-order valence-electron chi connectivity index (χ4n) is 3.37. The normalized spacial score (nSPS) is 11.4. The molecule has 0 saturated carbocycles. The van der Waals surface area contributed by atoms with Crippen molar-refractivity contribution < 1.29 is 23.8 Å². The first kappa shape index (κ1) is 25.3. The fraction of sp³-hybridized carbons (Fsp3) is 0.240. The summed E-state index contributed by atoms with van der Waals surface area (Å²) in [6, 6.07) is 12.5. The zero-order valence-corrected chi connectivity index (χ0v) is 20.4. The smallest absolute Gasteiger partial charge is 0.258 e. The molecule has 34 heavy (non-hydrogen) atoms. The van der Waals surface area contributed by atoms with E-state index in [1.165, 1.54) is 26.6 Å². The number of nitrogens with zero attached hydrogens (tertiary/aromatic N) is 1. The first-order valence-corrected chi connectivity index (χ1v) is 11.1. The first-order chi connectivity index (χ1) is 16.3. The van der Waals surface area contributed by atoms with Gasteiger partial charge in [-0.05, 0) is 24.6 Å². The highest BCUT2D eigenvalue weighted by Gasteiger charge is 2.24. The van der Waals surface area contributed by atoms with Gasteiger partial charge in [0.2, 0.25) is 5.75 Å². The van der Waals surface area contributed by atoms with Crippen molar-refractivity contribution in [2.24, 2.45) is 0 Å². The number of carbonyl (C=O) groups is 2. The van der Waals surface area contributed by atoms with Crippen LogP contribution in [0.2, 0.25) is 10.0 Å². The Morgan fingerprint density at radius 3 is 2.26 bits per heavy atom. The van der Waals surface area contributed by atoms with E-state index in [1.54, 1.807) is 12.1 Å². The second-order valence-electron chi connectivity index (χ2n) is 7.35. The molecule has 0 spiro atoms. The first-order valence-electron chi connectivity index (χ1n) is 10.4. The quantitative estimate of drug-likeness (QED) is 0.388. The summed E-state index contributed by atoms with van der Waals surface area (Å²) < 4.78 is 16.6. The predicted molar refractivity (Wildman–Crippen MR) is 130 cm³/mol. The van der Waals surface area contributed by atoms with Crippen molar-refractivity contribution >= 4 is 34.9 Å².